The van der Waals surface area contributed by atoms with Gasteiger partial charge in [-0.1, -0.05) is 12.1 Å². The number of rotatable bonds is 4. The minimum atomic E-state index is -0.0988. The zero-order chi connectivity index (χ0) is 14.5. The van der Waals surface area contributed by atoms with E-state index in [9.17, 15) is 4.79 Å². The van der Waals surface area contributed by atoms with Crippen LogP contribution in [-0.2, 0) is 6.54 Å². The summed E-state index contributed by atoms with van der Waals surface area (Å²) in [4.78, 5) is 12.1. The molecule has 0 bridgehead atoms. The molecule has 0 saturated heterocycles. The molecule has 0 fully saturated rings. The van der Waals surface area contributed by atoms with E-state index in [1.165, 1.54) is 0 Å². The Kier molecular flexibility index (Phi) is 4.25. The summed E-state index contributed by atoms with van der Waals surface area (Å²) >= 11 is 0. The highest BCUT2D eigenvalue weighted by molar-refractivity contribution is 5.95. The van der Waals surface area contributed by atoms with Gasteiger partial charge < -0.3 is 15.8 Å². The van der Waals surface area contributed by atoms with Crippen molar-refractivity contribution in [2.24, 2.45) is 0 Å². The van der Waals surface area contributed by atoms with E-state index in [-0.39, 0.29) is 5.91 Å². The number of methoxy groups -OCH3 is 1. The fourth-order valence-electron chi connectivity index (χ4n) is 1.96. The third kappa shape index (κ3) is 3.29. The van der Waals surface area contributed by atoms with E-state index in [0.29, 0.717) is 17.8 Å². The van der Waals surface area contributed by atoms with Gasteiger partial charge in [0.05, 0.1) is 7.11 Å². The van der Waals surface area contributed by atoms with Gasteiger partial charge in [-0.2, -0.15) is 0 Å². The molecule has 2 aromatic rings. The molecular formula is C16H18N2O2. The lowest BCUT2D eigenvalue weighted by Crippen LogP contribution is -2.23. The molecular weight excluding hydrogens is 252 g/mol. The molecule has 20 heavy (non-hydrogen) atoms. The molecule has 2 rings (SSSR count). The molecule has 2 aromatic carbocycles. The van der Waals surface area contributed by atoms with Crippen LogP contribution in [0.1, 0.15) is 21.5 Å². The molecule has 3 N–H and O–H groups in total. The molecule has 4 heteroatoms. The Morgan fingerprint density at radius 2 is 1.90 bits per heavy atom. The number of hydrogen-bond acceptors (Lipinski definition) is 3. The molecule has 104 valence electrons. The number of nitrogen functional groups attached to an aromatic ring is 1. The number of amides is 1. The zero-order valence-corrected chi connectivity index (χ0v) is 11.6. The van der Waals surface area contributed by atoms with Gasteiger partial charge in [0, 0.05) is 17.8 Å². The molecule has 0 radical (unpaired) electrons. The topological polar surface area (TPSA) is 64.3 Å². The number of benzene rings is 2. The van der Waals surface area contributed by atoms with Gasteiger partial charge in [0.1, 0.15) is 5.75 Å². The van der Waals surface area contributed by atoms with E-state index >= 15 is 0 Å². The van der Waals surface area contributed by atoms with E-state index in [2.05, 4.69) is 5.32 Å². The van der Waals surface area contributed by atoms with Crippen molar-refractivity contribution in [2.45, 2.75) is 13.5 Å². The maximum atomic E-state index is 12.1. The van der Waals surface area contributed by atoms with Crippen molar-refractivity contribution in [1.29, 1.82) is 0 Å². The van der Waals surface area contributed by atoms with Crippen molar-refractivity contribution < 1.29 is 9.53 Å². The van der Waals surface area contributed by atoms with E-state index in [0.717, 1.165) is 16.9 Å². The zero-order valence-electron chi connectivity index (χ0n) is 11.6. The van der Waals surface area contributed by atoms with Gasteiger partial charge in [-0.15, -0.1) is 0 Å². The second-order valence-corrected chi connectivity index (χ2v) is 4.61. The number of nitrogens with two attached hydrogens (primary N) is 1. The van der Waals surface area contributed by atoms with Crippen molar-refractivity contribution >= 4 is 11.6 Å². The predicted octanol–water partition coefficient (Wildman–Crippen LogP) is 2.52. The van der Waals surface area contributed by atoms with E-state index in [4.69, 9.17) is 10.5 Å². The average Bonchev–Trinajstić information content (AvgIpc) is 2.45. The maximum absolute atomic E-state index is 12.1. The second kappa shape index (κ2) is 6.10. The summed E-state index contributed by atoms with van der Waals surface area (Å²) in [5.41, 5.74) is 8.88. The molecule has 0 spiro atoms. The minimum Gasteiger partial charge on any atom is -0.497 e. The first-order valence-electron chi connectivity index (χ1n) is 6.37. The molecule has 0 atom stereocenters. The quantitative estimate of drug-likeness (QED) is 0.839. The van der Waals surface area contributed by atoms with Gasteiger partial charge in [0.2, 0.25) is 0 Å². The van der Waals surface area contributed by atoms with Crippen LogP contribution in [0.4, 0.5) is 5.69 Å². The van der Waals surface area contributed by atoms with Crippen LogP contribution in [-0.4, -0.2) is 13.0 Å². The van der Waals surface area contributed by atoms with Gasteiger partial charge in [0.15, 0.2) is 0 Å². The highest BCUT2D eigenvalue weighted by Crippen LogP contribution is 2.13. The SMILES string of the molecule is COc1ccc(CNC(=O)c2ccc(N)cc2C)cc1. The Balaban J connectivity index is 2.00. The van der Waals surface area contributed by atoms with Crippen LogP contribution in [0, 0.1) is 6.92 Å². The maximum Gasteiger partial charge on any atom is 0.251 e. The largest absolute Gasteiger partial charge is 0.497 e. The van der Waals surface area contributed by atoms with Crippen LogP contribution in [0.25, 0.3) is 0 Å². The van der Waals surface area contributed by atoms with Crippen LogP contribution < -0.4 is 15.8 Å². The average molecular weight is 270 g/mol. The first-order valence-corrected chi connectivity index (χ1v) is 6.37. The van der Waals surface area contributed by atoms with Crippen molar-refractivity contribution in [3.8, 4) is 5.75 Å². The van der Waals surface area contributed by atoms with Crippen LogP contribution in [0.3, 0.4) is 0 Å². The summed E-state index contributed by atoms with van der Waals surface area (Å²) < 4.78 is 5.09. The summed E-state index contributed by atoms with van der Waals surface area (Å²) in [6.45, 7) is 2.35. The third-order valence-corrected chi connectivity index (χ3v) is 3.11. The summed E-state index contributed by atoms with van der Waals surface area (Å²) in [7, 11) is 1.63. The summed E-state index contributed by atoms with van der Waals surface area (Å²) in [6.07, 6.45) is 0. The first-order chi connectivity index (χ1) is 9.60. The number of anilines is 1. The number of aryl methyl sites for hydroxylation is 1. The number of nitrogens with one attached hydrogen (secondary N) is 1. The molecule has 0 aromatic heterocycles. The monoisotopic (exact) mass is 270 g/mol. The van der Waals surface area contributed by atoms with Crippen molar-refractivity contribution in [3.05, 3.63) is 59.2 Å². The van der Waals surface area contributed by atoms with Crippen LogP contribution >= 0.6 is 0 Å². The van der Waals surface area contributed by atoms with Crippen molar-refractivity contribution in [2.75, 3.05) is 12.8 Å². The number of ether oxygens (including phenoxy) is 1. The normalized spacial score (nSPS) is 10.1. The lowest BCUT2D eigenvalue weighted by Gasteiger charge is -2.09. The standard InChI is InChI=1S/C16H18N2O2/c1-11-9-13(17)5-8-15(11)16(19)18-10-12-3-6-14(20-2)7-4-12/h3-9H,10,17H2,1-2H3,(H,18,19). The molecule has 0 aliphatic carbocycles. The number of carbonyl (C=O) groups excluding carboxylic acids is 1. The van der Waals surface area contributed by atoms with Crippen molar-refractivity contribution in [1.82, 2.24) is 5.32 Å². The summed E-state index contributed by atoms with van der Waals surface area (Å²) in [5.74, 6) is 0.702. The molecule has 4 nitrogen and oxygen atoms in total. The molecule has 0 saturated carbocycles. The fraction of sp³-hybridized carbons (Fsp3) is 0.188. The molecule has 0 heterocycles. The molecule has 0 aliphatic heterocycles. The van der Waals surface area contributed by atoms with Crippen LogP contribution in [0.15, 0.2) is 42.5 Å². The molecule has 0 aliphatic rings. The molecule has 1 amide bonds. The van der Waals surface area contributed by atoms with E-state index < -0.39 is 0 Å². The summed E-state index contributed by atoms with van der Waals surface area (Å²) in [6, 6.07) is 12.9. The Morgan fingerprint density at radius 3 is 2.50 bits per heavy atom. The second-order valence-electron chi connectivity index (χ2n) is 4.61. The lowest BCUT2D eigenvalue weighted by atomic mass is 10.1. The van der Waals surface area contributed by atoms with E-state index in [1.807, 2.05) is 31.2 Å². The number of carbonyl (C=O) groups is 1. The van der Waals surface area contributed by atoms with Crippen LogP contribution in [0.2, 0.25) is 0 Å². The Bertz CT molecular complexity index is 606. The Labute approximate surface area is 118 Å². The smallest absolute Gasteiger partial charge is 0.251 e. The highest BCUT2D eigenvalue weighted by Gasteiger charge is 2.08. The predicted molar refractivity (Wildman–Crippen MR) is 79.8 cm³/mol. The highest BCUT2D eigenvalue weighted by atomic mass is 16.5. The minimum absolute atomic E-state index is 0.0988. The van der Waals surface area contributed by atoms with Gasteiger partial charge in [-0.05, 0) is 48.4 Å². The van der Waals surface area contributed by atoms with Crippen molar-refractivity contribution in [3.63, 3.8) is 0 Å². The van der Waals surface area contributed by atoms with Gasteiger partial charge in [-0.3, -0.25) is 4.79 Å². The Morgan fingerprint density at radius 1 is 1.20 bits per heavy atom. The van der Waals surface area contributed by atoms with Gasteiger partial charge in [0.25, 0.3) is 5.91 Å². The van der Waals surface area contributed by atoms with Gasteiger partial charge in [-0.25, -0.2) is 0 Å². The fourth-order valence-corrected chi connectivity index (χ4v) is 1.96. The Hall–Kier alpha value is -2.49. The first kappa shape index (κ1) is 13.9. The lowest BCUT2D eigenvalue weighted by molar-refractivity contribution is 0.0950. The van der Waals surface area contributed by atoms with Crippen LogP contribution in [0.5, 0.6) is 5.75 Å². The van der Waals surface area contributed by atoms with E-state index in [1.54, 1.807) is 25.3 Å². The third-order valence-electron chi connectivity index (χ3n) is 3.11. The summed E-state index contributed by atoms with van der Waals surface area (Å²) in [5, 5.41) is 2.89. The molecule has 0 unspecified atom stereocenters. The van der Waals surface area contributed by atoms with Gasteiger partial charge >= 0.3 is 0 Å². The number of hydrogen-bond donors (Lipinski definition) is 2.